The topological polar surface area (TPSA) is 69.6 Å². The molecule has 0 aromatic rings. The van der Waals surface area contributed by atoms with Crippen LogP contribution < -0.4 is 4.72 Å². The van der Waals surface area contributed by atoms with Crippen molar-refractivity contribution in [3.63, 3.8) is 0 Å². The lowest BCUT2D eigenvalue weighted by molar-refractivity contribution is 0.243. The van der Waals surface area contributed by atoms with Gasteiger partial charge in [-0.2, -0.15) is 17.4 Å². The van der Waals surface area contributed by atoms with Crippen molar-refractivity contribution in [3.05, 3.63) is 0 Å². The molecule has 0 aliphatic heterocycles. The molecule has 0 unspecified atom stereocenters. The zero-order valence-electron chi connectivity index (χ0n) is 10.1. The van der Waals surface area contributed by atoms with Gasteiger partial charge in [0.2, 0.25) is 0 Å². The van der Waals surface area contributed by atoms with Crippen LogP contribution >= 0.6 is 0 Å². The Morgan fingerprint density at radius 1 is 1.25 bits per heavy atom. The van der Waals surface area contributed by atoms with Gasteiger partial charge in [0.05, 0.1) is 12.1 Å². The van der Waals surface area contributed by atoms with Crippen LogP contribution in [0.25, 0.3) is 0 Å². The fraction of sp³-hybridized carbons (Fsp3) is 1.00. The van der Waals surface area contributed by atoms with E-state index >= 15 is 0 Å². The van der Waals surface area contributed by atoms with Crippen molar-refractivity contribution in [2.24, 2.45) is 0 Å². The maximum atomic E-state index is 12.0. The summed E-state index contributed by atoms with van der Waals surface area (Å²) < 4.78 is 28.1. The first kappa shape index (κ1) is 13.9. The number of nitrogens with zero attached hydrogens (tertiary/aromatic N) is 1. The molecule has 16 heavy (non-hydrogen) atoms. The van der Waals surface area contributed by atoms with Crippen LogP contribution in [0.5, 0.6) is 0 Å². The van der Waals surface area contributed by atoms with E-state index in [-0.39, 0.29) is 6.61 Å². The van der Waals surface area contributed by atoms with Gasteiger partial charge in [0.1, 0.15) is 0 Å². The van der Waals surface area contributed by atoms with Gasteiger partial charge in [-0.05, 0) is 25.7 Å². The first-order chi connectivity index (χ1) is 7.49. The minimum Gasteiger partial charge on any atom is -0.394 e. The fourth-order valence-electron chi connectivity index (χ4n) is 1.63. The zero-order chi connectivity index (χ0) is 12.2. The van der Waals surface area contributed by atoms with E-state index in [1.807, 2.05) is 13.8 Å². The third kappa shape index (κ3) is 3.41. The van der Waals surface area contributed by atoms with Crippen molar-refractivity contribution < 1.29 is 13.5 Å². The summed E-state index contributed by atoms with van der Waals surface area (Å²) >= 11 is 0. The Kier molecular flexibility index (Phi) is 4.73. The molecule has 0 aromatic carbocycles. The van der Waals surface area contributed by atoms with Gasteiger partial charge in [0.25, 0.3) is 10.2 Å². The molecule has 0 radical (unpaired) electrons. The van der Waals surface area contributed by atoms with E-state index in [0.717, 1.165) is 25.7 Å². The molecule has 0 amide bonds. The molecule has 96 valence electrons. The van der Waals surface area contributed by atoms with E-state index in [2.05, 4.69) is 4.72 Å². The number of nitrogens with one attached hydrogen (secondary N) is 1. The predicted molar refractivity (Wildman–Crippen MR) is 63.3 cm³/mol. The van der Waals surface area contributed by atoms with Crippen molar-refractivity contribution in [3.8, 4) is 0 Å². The largest absolute Gasteiger partial charge is 0.394 e. The maximum Gasteiger partial charge on any atom is 0.280 e. The molecule has 0 atom stereocenters. The van der Waals surface area contributed by atoms with Crippen LogP contribution in [-0.4, -0.2) is 43.1 Å². The first-order valence-electron chi connectivity index (χ1n) is 5.89. The van der Waals surface area contributed by atoms with Crippen LogP contribution in [0.2, 0.25) is 0 Å². The molecule has 0 bridgehead atoms. The summed E-state index contributed by atoms with van der Waals surface area (Å²) in [7, 11) is -3.43. The van der Waals surface area contributed by atoms with E-state index in [9.17, 15) is 8.42 Å². The number of hydrogen-bond donors (Lipinski definition) is 2. The van der Waals surface area contributed by atoms with Crippen LogP contribution in [0.1, 0.15) is 39.5 Å². The van der Waals surface area contributed by atoms with Crippen molar-refractivity contribution in [1.82, 2.24) is 9.03 Å². The molecule has 2 N–H and O–H groups in total. The molecular formula is C10H22N2O3S. The van der Waals surface area contributed by atoms with Crippen LogP contribution in [0, 0.1) is 0 Å². The second-order valence-electron chi connectivity index (χ2n) is 4.44. The quantitative estimate of drug-likeness (QED) is 0.658. The molecule has 0 saturated heterocycles. The second kappa shape index (κ2) is 5.44. The molecule has 0 heterocycles. The van der Waals surface area contributed by atoms with Gasteiger partial charge in [-0.1, -0.05) is 13.8 Å². The minimum atomic E-state index is -3.43. The van der Waals surface area contributed by atoms with Gasteiger partial charge in [-0.25, -0.2) is 0 Å². The first-order valence-corrected chi connectivity index (χ1v) is 7.33. The van der Waals surface area contributed by atoms with Crippen molar-refractivity contribution in [2.45, 2.75) is 45.1 Å². The van der Waals surface area contributed by atoms with Crippen molar-refractivity contribution in [2.75, 3.05) is 19.7 Å². The Morgan fingerprint density at radius 2 is 1.75 bits per heavy atom. The molecule has 1 aliphatic carbocycles. The summed E-state index contributed by atoms with van der Waals surface area (Å²) in [5.74, 6) is 0. The second-order valence-corrected chi connectivity index (χ2v) is 6.12. The van der Waals surface area contributed by atoms with E-state index in [0.29, 0.717) is 13.1 Å². The van der Waals surface area contributed by atoms with Crippen molar-refractivity contribution >= 4 is 10.2 Å². The average Bonchev–Trinajstić information content (AvgIpc) is 2.97. The molecular weight excluding hydrogens is 228 g/mol. The molecule has 5 nitrogen and oxygen atoms in total. The summed E-state index contributed by atoms with van der Waals surface area (Å²) in [5, 5.41) is 9.12. The summed E-state index contributed by atoms with van der Waals surface area (Å²) in [6.07, 6.45) is 3.06. The van der Waals surface area contributed by atoms with Crippen LogP contribution in [0.3, 0.4) is 0 Å². The maximum absolute atomic E-state index is 12.0. The molecule has 0 aromatic heterocycles. The summed E-state index contributed by atoms with van der Waals surface area (Å²) in [4.78, 5) is 0. The molecule has 1 rings (SSSR count). The third-order valence-corrected chi connectivity index (χ3v) is 4.52. The Morgan fingerprint density at radius 3 is 2.06 bits per heavy atom. The lowest BCUT2D eigenvalue weighted by atomic mass is 10.3. The Labute approximate surface area is 98.0 Å². The average molecular weight is 250 g/mol. The third-order valence-electron chi connectivity index (χ3n) is 2.79. The van der Waals surface area contributed by atoms with Gasteiger partial charge in [-0.15, -0.1) is 0 Å². The van der Waals surface area contributed by atoms with Crippen LogP contribution in [-0.2, 0) is 10.2 Å². The predicted octanol–water partition coefficient (Wildman–Crippen LogP) is 0.468. The van der Waals surface area contributed by atoms with Crippen LogP contribution in [0.4, 0.5) is 0 Å². The van der Waals surface area contributed by atoms with E-state index in [1.54, 1.807) is 0 Å². The van der Waals surface area contributed by atoms with Gasteiger partial charge >= 0.3 is 0 Å². The molecule has 6 heteroatoms. The zero-order valence-corrected chi connectivity index (χ0v) is 10.9. The highest BCUT2D eigenvalue weighted by molar-refractivity contribution is 7.87. The molecule has 0 spiro atoms. The Bertz CT molecular complexity index is 306. The summed E-state index contributed by atoms with van der Waals surface area (Å²) in [5.41, 5.74) is -0.571. The van der Waals surface area contributed by atoms with Gasteiger partial charge in [0, 0.05) is 13.1 Å². The van der Waals surface area contributed by atoms with Crippen LogP contribution in [0.15, 0.2) is 0 Å². The Hall–Kier alpha value is -0.170. The number of hydrogen-bond acceptors (Lipinski definition) is 3. The molecule has 1 aliphatic rings. The monoisotopic (exact) mass is 250 g/mol. The highest BCUT2D eigenvalue weighted by Crippen LogP contribution is 2.35. The van der Waals surface area contributed by atoms with E-state index < -0.39 is 15.7 Å². The lowest BCUT2D eigenvalue weighted by Crippen LogP contribution is -2.48. The fourth-order valence-corrected chi connectivity index (χ4v) is 3.42. The standard InChI is InChI=1S/C10H22N2O3S/c1-3-7-12(8-4-2)16(14,15)11-10(9-13)5-6-10/h11,13H,3-9H2,1-2H3. The van der Waals surface area contributed by atoms with Crippen molar-refractivity contribution in [1.29, 1.82) is 0 Å². The number of rotatable bonds is 8. The van der Waals surface area contributed by atoms with Gasteiger partial charge < -0.3 is 5.11 Å². The van der Waals surface area contributed by atoms with E-state index in [1.165, 1.54) is 4.31 Å². The molecule has 1 saturated carbocycles. The van der Waals surface area contributed by atoms with Gasteiger partial charge in [0.15, 0.2) is 0 Å². The number of aliphatic hydroxyl groups excluding tert-OH is 1. The SMILES string of the molecule is CCCN(CCC)S(=O)(=O)NC1(CO)CC1. The normalized spacial score (nSPS) is 19.0. The lowest BCUT2D eigenvalue weighted by Gasteiger charge is -2.24. The highest BCUT2D eigenvalue weighted by Gasteiger charge is 2.46. The van der Waals surface area contributed by atoms with E-state index in [4.69, 9.17) is 5.11 Å². The summed E-state index contributed by atoms with van der Waals surface area (Å²) in [6.45, 7) is 4.86. The minimum absolute atomic E-state index is 0.113. The highest BCUT2D eigenvalue weighted by atomic mass is 32.2. The van der Waals surface area contributed by atoms with Gasteiger partial charge in [-0.3, -0.25) is 0 Å². The molecule has 1 fully saturated rings. The smallest absolute Gasteiger partial charge is 0.280 e. The Balaban J connectivity index is 2.65. The summed E-state index contributed by atoms with van der Waals surface area (Å²) in [6, 6.07) is 0. The number of aliphatic hydroxyl groups is 1.